The molecule has 14 heavy (non-hydrogen) atoms. The summed E-state index contributed by atoms with van der Waals surface area (Å²) >= 11 is 0. The van der Waals surface area contributed by atoms with Crippen LogP contribution in [0.3, 0.4) is 0 Å². The zero-order valence-electron chi connectivity index (χ0n) is 8.53. The molecule has 0 radical (unpaired) electrons. The van der Waals surface area contributed by atoms with Crippen LogP contribution in [0, 0.1) is 0 Å². The molecule has 1 rings (SSSR count). The van der Waals surface area contributed by atoms with Gasteiger partial charge in [-0.15, -0.1) is 0 Å². The number of imide groups is 1. The number of ether oxygens (including phenoxy) is 1. The van der Waals surface area contributed by atoms with E-state index in [0.29, 0.717) is 13.2 Å². The molecular formula is C10H15NO3. The summed E-state index contributed by atoms with van der Waals surface area (Å²) in [5.41, 5.74) is 0. The van der Waals surface area contributed by atoms with Crippen LogP contribution in [0.15, 0.2) is 12.2 Å². The fourth-order valence-electron chi connectivity index (χ4n) is 1.35. The third kappa shape index (κ3) is 2.42. The summed E-state index contributed by atoms with van der Waals surface area (Å²) < 4.78 is 5.38. The van der Waals surface area contributed by atoms with Crippen molar-refractivity contribution in [3.05, 3.63) is 12.2 Å². The number of hydrogen-bond donors (Lipinski definition) is 0. The summed E-state index contributed by atoms with van der Waals surface area (Å²) in [6, 6.07) is 0. The Morgan fingerprint density at radius 3 is 2.29 bits per heavy atom. The van der Waals surface area contributed by atoms with Gasteiger partial charge < -0.3 is 4.74 Å². The monoisotopic (exact) mass is 197 g/mol. The van der Waals surface area contributed by atoms with Gasteiger partial charge in [0, 0.05) is 18.8 Å². The smallest absolute Gasteiger partial charge is 0.253 e. The predicted octanol–water partition coefficient (Wildman–Crippen LogP) is 0.726. The van der Waals surface area contributed by atoms with Crippen molar-refractivity contribution in [1.82, 2.24) is 4.90 Å². The number of carbonyl (C=O) groups is 2. The fourth-order valence-corrected chi connectivity index (χ4v) is 1.35. The molecule has 78 valence electrons. The first kappa shape index (κ1) is 10.9. The van der Waals surface area contributed by atoms with Gasteiger partial charge in [-0.3, -0.25) is 14.5 Å². The van der Waals surface area contributed by atoms with E-state index in [1.807, 2.05) is 13.8 Å². The molecule has 1 aliphatic rings. The lowest BCUT2D eigenvalue weighted by Gasteiger charge is -2.21. The molecule has 0 bridgehead atoms. The second kappa shape index (κ2) is 4.91. The van der Waals surface area contributed by atoms with E-state index in [4.69, 9.17) is 4.74 Å². The van der Waals surface area contributed by atoms with Crippen molar-refractivity contribution in [2.24, 2.45) is 0 Å². The van der Waals surface area contributed by atoms with Crippen LogP contribution >= 0.6 is 0 Å². The summed E-state index contributed by atoms with van der Waals surface area (Å²) in [6.07, 6.45) is 3.33. The van der Waals surface area contributed by atoms with Crippen LogP contribution in [-0.2, 0) is 14.3 Å². The van der Waals surface area contributed by atoms with Gasteiger partial charge in [0.2, 0.25) is 0 Å². The van der Waals surface area contributed by atoms with Gasteiger partial charge in [-0.2, -0.15) is 0 Å². The summed E-state index contributed by atoms with van der Waals surface area (Å²) in [5, 5.41) is 0. The third-order valence-corrected chi connectivity index (χ3v) is 2.14. The molecule has 1 aliphatic heterocycles. The maximum absolute atomic E-state index is 11.2. The Balaban J connectivity index is 2.50. The lowest BCUT2D eigenvalue weighted by molar-refractivity contribution is -0.139. The lowest BCUT2D eigenvalue weighted by atomic mass is 10.2. The Morgan fingerprint density at radius 2 is 1.86 bits per heavy atom. The van der Waals surface area contributed by atoms with E-state index in [2.05, 4.69) is 0 Å². The van der Waals surface area contributed by atoms with Crippen molar-refractivity contribution in [1.29, 1.82) is 0 Å². The Kier molecular flexibility index (Phi) is 3.83. The minimum Gasteiger partial charge on any atom is -0.377 e. The molecule has 0 saturated heterocycles. The molecule has 0 fully saturated rings. The molecule has 1 atom stereocenters. The van der Waals surface area contributed by atoms with E-state index in [-0.39, 0.29) is 17.9 Å². The molecule has 4 heteroatoms. The largest absolute Gasteiger partial charge is 0.377 e. The maximum Gasteiger partial charge on any atom is 0.253 e. The van der Waals surface area contributed by atoms with Gasteiger partial charge >= 0.3 is 0 Å². The second-order valence-electron chi connectivity index (χ2n) is 3.11. The number of amides is 2. The molecule has 0 spiro atoms. The van der Waals surface area contributed by atoms with Gasteiger partial charge in [0.1, 0.15) is 0 Å². The SMILES string of the molecule is CCOC(CC)CN1C(=O)C=CC1=O. The van der Waals surface area contributed by atoms with Crippen molar-refractivity contribution in [2.75, 3.05) is 13.2 Å². The average Bonchev–Trinajstić information content (AvgIpc) is 2.48. The van der Waals surface area contributed by atoms with Crippen molar-refractivity contribution in [3.8, 4) is 0 Å². The van der Waals surface area contributed by atoms with Crippen molar-refractivity contribution < 1.29 is 14.3 Å². The number of carbonyl (C=O) groups excluding carboxylic acids is 2. The highest BCUT2D eigenvalue weighted by atomic mass is 16.5. The van der Waals surface area contributed by atoms with E-state index in [1.54, 1.807) is 0 Å². The second-order valence-corrected chi connectivity index (χ2v) is 3.11. The Labute approximate surface area is 83.5 Å². The van der Waals surface area contributed by atoms with E-state index in [1.165, 1.54) is 17.1 Å². The van der Waals surface area contributed by atoms with Crippen LogP contribution in [-0.4, -0.2) is 36.0 Å². The Hall–Kier alpha value is -1.16. The fraction of sp³-hybridized carbons (Fsp3) is 0.600. The lowest BCUT2D eigenvalue weighted by Crippen LogP contribution is -2.37. The maximum atomic E-state index is 11.2. The van der Waals surface area contributed by atoms with E-state index in [0.717, 1.165) is 6.42 Å². The molecule has 4 nitrogen and oxygen atoms in total. The number of hydrogen-bond acceptors (Lipinski definition) is 3. The molecule has 1 heterocycles. The van der Waals surface area contributed by atoms with Gasteiger partial charge in [-0.25, -0.2) is 0 Å². The molecule has 0 saturated carbocycles. The predicted molar refractivity (Wildman–Crippen MR) is 51.6 cm³/mol. The van der Waals surface area contributed by atoms with Crippen LogP contribution in [0.1, 0.15) is 20.3 Å². The van der Waals surface area contributed by atoms with Crippen LogP contribution in [0.4, 0.5) is 0 Å². The van der Waals surface area contributed by atoms with Gasteiger partial charge in [0.25, 0.3) is 11.8 Å². The minimum absolute atomic E-state index is 0.0483. The first-order valence-corrected chi connectivity index (χ1v) is 4.84. The average molecular weight is 197 g/mol. The molecule has 1 unspecified atom stereocenters. The van der Waals surface area contributed by atoms with Crippen molar-refractivity contribution >= 4 is 11.8 Å². The van der Waals surface area contributed by atoms with Crippen LogP contribution in [0.5, 0.6) is 0 Å². The van der Waals surface area contributed by atoms with Gasteiger partial charge in [-0.05, 0) is 13.3 Å². The summed E-state index contributed by atoms with van der Waals surface area (Å²) in [7, 11) is 0. The standard InChI is InChI=1S/C10H15NO3/c1-3-8(14-4-2)7-11-9(12)5-6-10(11)13/h5-6,8H,3-4,7H2,1-2H3. The summed E-state index contributed by atoms with van der Waals surface area (Å²) in [4.78, 5) is 23.6. The molecule has 0 aliphatic carbocycles. The molecular weight excluding hydrogens is 182 g/mol. The van der Waals surface area contributed by atoms with Crippen LogP contribution in [0.2, 0.25) is 0 Å². The molecule has 0 aromatic heterocycles. The topological polar surface area (TPSA) is 46.6 Å². The highest BCUT2D eigenvalue weighted by molar-refractivity contribution is 6.12. The molecule has 2 amide bonds. The van der Waals surface area contributed by atoms with Gasteiger partial charge in [0.05, 0.1) is 12.6 Å². The first-order chi connectivity index (χ1) is 6.69. The van der Waals surface area contributed by atoms with Gasteiger partial charge in [-0.1, -0.05) is 6.92 Å². The van der Waals surface area contributed by atoms with E-state index in [9.17, 15) is 9.59 Å². The summed E-state index contributed by atoms with van der Waals surface area (Å²) in [6.45, 7) is 4.82. The highest BCUT2D eigenvalue weighted by Crippen LogP contribution is 2.08. The quantitative estimate of drug-likeness (QED) is 0.610. The molecule has 0 N–H and O–H groups in total. The van der Waals surface area contributed by atoms with E-state index < -0.39 is 0 Å². The summed E-state index contributed by atoms with van der Waals surface area (Å²) in [5.74, 6) is -0.485. The Morgan fingerprint density at radius 1 is 1.29 bits per heavy atom. The minimum atomic E-state index is -0.242. The zero-order chi connectivity index (χ0) is 10.6. The zero-order valence-corrected chi connectivity index (χ0v) is 8.53. The molecule has 0 aromatic carbocycles. The Bertz CT molecular complexity index is 242. The molecule has 0 aromatic rings. The van der Waals surface area contributed by atoms with Crippen LogP contribution in [0.25, 0.3) is 0 Å². The number of rotatable bonds is 5. The highest BCUT2D eigenvalue weighted by Gasteiger charge is 2.25. The third-order valence-electron chi connectivity index (χ3n) is 2.14. The first-order valence-electron chi connectivity index (χ1n) is 4.84. The normalized spacial score (nSPS) is 18.0. The van der Waals surface area contributed by atoms with Crippen molar-refractivity contribution in [3.63, 3.8) is 0 Å². The number of nitrogens with zero attached hydrogens (tertiary/aromatic N) is 1. The van der Waals surface area contributed by atoms with E-state index >= 15 is 0 Å². The van der Waals surface area contributed by atoms with Gasteiger partial charge in [0.15, 0.2) is 0 Å². The van der Waals surface area contributed by atoms with Crippen molar-refractivity contribution in [2.45, 2.75) is 26.4 Å². The van der Waals surface area contributed by atoms with Crippen LogP contribution < -0.4 is 0 Å².